The molecule has 0 unspecified atom stereocenters. The van der Waals surface area contributed by atoms with E-state index in [0.29, 0.717) is 0 Å². The fourth-order valence-corrected chi connectivity index (χ4v) is 14.6. The summed E-state index contributed by atoms with van der Waals surface area (Å²) in [5.41, 5.74) is 10.9. The molecule has 4 N–H and O–H groups in total. The third kappa shape index (κ3) is 2.54. The van der Waals surface area contributed by atoms with Gasteiger partial charge in [0.15, 0.2) is 0 Å². The van der Waals surface area contributed by atoms with Gasteiger partial charge in [0.2, 0.25) is 11.8 Å². The van der Waals surface area contributed by atoms with E-state index in [2.05, 4.69) is 39.3 Å². The molecule has 0 aliphatic rings. The minimum Gasteiger partial charge on any atom is -0.370 e. The molecule has 0 bridgehead atoms. The molecule has 0 aliphatic heterocycles. The second-order valence-corrected chi connectivity index (χ2v) is 17.6. The van der Waals surface area contributed by atoms with Crippen molar-refractivity contribution in [3.8, 4) is 0 Å². The predicted molar refractivity (Wildman–Crippen MR) is 72.4 cm³/mol. The van der Waals surface area contributed by atoms with Crippen molar-refractivity contribution < 1.29 is 9.59 Å². The molecule has 6 heteroatoms. The van der Waals surface area contributed by atoms with Gasteiger partial charge in [-0.3, -0.25) is 9.59 Å². The van der Waals surface area contributed by atoms with Crippen LogP contribution in [0.25, 0.3) is 0 Å². The lowest BCUT2D eigenvalue weighted by atomic mass is 10.2. The summed E-state index contributed by atoms with van der Waals surface area (Å²) in [7, 11) is -3.82. The zero-order chi connectivity index (χ0) is 13.4. The quantitative estimate of drug-likeness (QED) is 0.730. The highest BCUT2D eigenvalue weighted by atomic mass is 28.4. The first-order valence-electron chi connectivity index (χ1n) is 5.44. The van der Waals surface area contributed by atoms with Crippen molar-refractivity contribution in [2.75, 3.05) is 0 Å². The summed E-state index contributed by atoms with van der Waals surface area (Å²) in [5, 5.41) is 0. The molecule has 0 aromatic heterocycles. The van der Waals surface area contributed by atoms with Crippen LogP contribution in [-0.4, -0.2) is 28.0 Å². The summed E-state index contributed by atoms with van der Waals surface area (Å²) >= 11 is 0. The van der Waals surface area contributed by atoms with Crippen molar-refractivity contribution >= 4 is 28.0 Å². The van der Waals surface area contributed by atoms with Gasteiger partial charge in [0.05, 0.1) is 16.1 Å². The fraction of sp³-hybridized carbons (Fsp3) is 0.800. The van der Waals surface area contributed by atoms with Gasteiger partial charge in [0.1, 0.15) is 0 Å². The molecule has 0 fully saturated rings. The molecule has 0 saturated heterocycles. The molecular weight excluding hydrogens is 236 g/mol. The Labute approximate surface area is 99.8 Å². The van der Waals surface area contributed by atoms with Gasteiger partial charge in [-0.15, -0.1) is 0 Å². The maximum Gasteiger partial charge on any atom is 0.218 e. The molecule has 16 heavy (non-hydrogen) atoms. The average molecular weight is 260 g/mol. The first-order valence-corrected chi connectivity index (χ1v) is 12.4. The molecule has 0 aromatic rings. The maximum absolute atomic E-state index is 11.9. The number of primary amides is 2. The molecule has 0 spiro atoms. The third-order valence-corrected chi connectivity index (χ3v) is 13.9. The van der Waals surface area contributed by atoms with E-state index >= 15 is 0 Å². The highest BCUT2D eigenvalue weighted by Crippen LogP contribution is 2.49. The maximum atomic E-state index is 11.9. The first kappa shape index (κ1) is 15.4. The van der Waals surface area contributed by atoms with E-state index in [0.717, 1.165) is 0 Å². The fourth-order valence-electron chi connectivity index (χ4n) is 2.74. The number of carbonyl (C=O) groups is 2. The molecule has 0 atom stereocenters. The first-order chi connectivity index (χ1) is 6.86. The molecule has 0 heterocycles. The number of hydrogen-bond donors (Lipinski definition) is 2. The van der Waals surface area contributed by atoms with Crippen LogP contribution in [0.15, 0.2) is 0 Å². The monoisotopic (exact) mass is 260 g/mol. The van der Waals surface area contributed by atoms with E-state index in [4.69, 9.17) is 11.5 Å². The average Bonchev–Trinajstić information content (AvgIpc) is 1.93. The van der Waals surface area contributed by atoms with E-state index < -0.39 is 26.7 Å². The Kier molecular flexibility index (Phi) is 4.16. The number of hydrogen-bond acceptors (Lipinski definition) is 2. The van der Waals surface area contributed by atoms with Gasteiger partial charge in [-0.05, 0) is 0 Å². The van der Waals surface area contributed by atoms with Crippen LogP contribution in [-0.2, 0) is 9.59 Å². The van der Waals surface area contributed by atoms with E-state index in [1.165, 1.54) is 0 Å². The van der Waals surface area contributed by atoms with E-state index in [-0.39, 0.29) is 12.3 Å². The topological polar surface area (TPSA) is 86.2 Å². The van der Waals surface area contributed by atoms with Crippen LogP contribution < -0.4 is 11.5 Å². The van der Waals surface area contributed by atoms with Crippen LogP contribution in [0.5, 0.6) is 0 Å². The molecule has 0 saturated carbocycles. The Bertz CT molecular complexity index is 289. The molecular formula is C10H24N2O2Si2. The SMILES string of the molecule is C[Si](C)(C)C(CC(N)=O)(C(N)=O)[Si](C)(C)C. The Balaban J connectivity index is 5.81. The Morgan fingerprint density at radius 2 is 1.25 bits per heavy atom. The van der Waals surface area contributed by atoms with Gasteiger partial charge >= 0.3 is 0 Å². The molecule has 0 radical (unpaired) electrons. The summed E-state index contributed by atoms with van der Waals surface area (Å²) in [6.45, 7) is 12.5. The van der Waals surface area contributed by atoms with Gasteiger partial charge in [0, 0.05) is 11.1 Å². The van der Waals surface area contributed by atoms with Crippen molar-refractivity contribution in [2.24, 2.45) is 11.5 Å². The lowest BCUT2D eigenvalue weighted by molar-refractivity contribution is -0.124. The predicted octanol–water partition coefficient (Wildman–Crippen LogP) is 1.30. The zero-order valence-corrected chi connectivity index (χ0v) is 13.2. The standard InChI is InChI=1S/C10H24N2O2Si2/c1-15(2,3)10(9(12)14,7-8(11)13)16(4,5)6/h7H2,1-6H3,(H2,11,13)(H2,12,14). The van der Waals surface area contributed by atoms with Crippen molar-refractivity contribution in [3.05, 3.63) is 0 Å². The summed E-state index contributed by atoms with van der Waals surface area (Å²) < 4.78 is -0.661. The lowest BCUT2D eigenvalue weighted by Crippen LogP contribution is -2.62. The second kappa shape index (κ2) is 4.33. The van der Waals surface area contributed by atoms with Crippen LogP contribution >= 0.6 is 0 Å². The number of carbonyl (C=O) groups excluding carboxylic acids is 2. The van der Waals surface area contributed by atoms with E-state index in [1.54, 1.807) is 0 Å². The highest BCUT2D eigenvalue weighted by molar-refractivity contribution is 7.02. The van der Waals surface area contributed by atoms with Crippen LogP contribution in [0, 0.1) is 0 Å². The smallest absolute Gasteiger partial charge is 0.218 e. The Morgan fingerprint density at radius 1 is 0.938 bits per heavy atom. The summed E-state index contributed by atoms with van der Waals surface area (Å²) in [4.78, 5) is 23.2. The van der Waals surface area contributed by atoms with Crippen LogP contribution in [0.3, 0.4) is 0 Å². The molecule has 2 amide bonds. The van der Waals surface area contributed by atoms with Crippen molar-refractivity contribution in [1.82, 2.24) is 0 Å². The van der Waals surface area contributed by atoms with Gasteiger partial charge in [-0.1, -0.05) is 39.3 Å². The lowest BCUT2D eigenvalue weighted by Gasteiger charge is -2.48. The van der Waals surface area contributed by atoms with Crippen LogP contribution in [0.2, 0.25) is 43.9 Å². The normalized spacial score (nSPS) is 13.6. The molecule has 4 nitrogen and oxygen atoms in total. The van der Waals surface area contributed by atoms with Gasteiger partial charge in [0.25, 0.3) is 0 Å². The largest absolute Gasteiger partial charge is 0.370 e. The van der Waals surface area contributed by atoms with Crippen molar-refractivity contribution in [2.45, 2.75) is 50.4 Å². The van der Waals surface area contributed by atoms with Crippen LogP contribution in [0.4, 0.5) is 0 Å². The van der Waals surface area contributed by atoms with E-state index in [1.807, 2.05) is 0 Å². The zero-order valence-electron chi connectivity index (χ0n) is 11.2. The molecule has 0 rings (SSSR count). The van der Waals surface area contributed by atoms with Crippen molar-refractivity contribution in [3.63, 3.8) is 0 Å². The minimum absolute atomic E-state index is 0.105. The van der Waals surface area contributed by atoms with Crippen LogP contribution in [0.1, 0.15) is 6.42 Å². The summed E-state index contributed by atoms with van der Waals surface area (Å²) in [5.74, 6) is -0.770. The number of amides is 2. The molecule has 0 aromatic carbocycles. The van der Waals surface area contributed by atoms with Gasteiger partial charge < -0.3 is 11.5 Å². The Morgan fingerprint density at radius 3 is 1.31 bits per heavy atom. The number of nitrogens with two attached hydrogens (primary N) is 2. The molecule has 94 valence electrons. The van der Waals surface area contributed by atoms with Crippen molar-refractivity contribution in [1.29, 1.82) is 0 Å². The van der Waals surface area contributed by atoms with E-state index in [9.17, 15) is 9.59 Å². The third-order valence-electron chi connectivity index (χ3n) is 3.42. The molecule has 0 aliphatic carbocycles. The van der Waals surface area contributed by atoms with Gasteiger partial charge in [-0.2, -0.15) is 0 Å². The highest BCUT2D eigenvalue weighted by Gasteiger charge is 2.57. The number of rotatable bonds is 5. The Hall–Kier alpha value is -0.626. The minimum atomic E-state index is -1.91. The summed E-state index contributed by atoms with van der Waals surface area (Å²) in [6.07, 6.45) is 0.105. The summed E-state index contributed by atoms with van der Waals surface area (Å²) in [6, 6.07) is 0. The second-order valence-electron chi connectivity index (χ2n) is 6.41. The van der Waals surface area contributed by atoms with Gasteiger partial charge in [-0.25, -0.2) is 0 Å².